The number of amides is 12. The number of likely N-dealkylation sites (tertiary alicyclic amines) is 4. The Kier molecular flexibility index (Phi) is 36.3. The summed E-state index contributed by atoms with van der Waals surface area (Å²) in [4.78, 5) is 210. The van der Waals surface area contributed by atoms with Gasteiger partial charge < -0.3 is 119 Å². The highest BCUT2D eigenvalue weighted by atomic mass is 35.5. The van der Waals surface area contributed by atoms with Crippen molar-refractivity contribution in [1.82, 2.24) is 62.1 Å². The van der Waals surface area contributed by atoms with Crippen LogP contribution in [0.15, 0.2) is 72.8 Å². The number of cyclic esters (lactones) is 4. The summed E-state index contributed by atoms with van der Waals surface area (Å²) in [7, 11) is 0. The molecular weight excluding hydrogens is 1800 g/mol. The number of esters is 4. The zero-order chi connectivity index (χ0) is 101. The summed E-state index contributed by atoms with van der Waals surface area (Å²) in [5, 5.41) is 32.7. The zero-order valence-corrected chi connectivity index (χ0v) is 81.7. The smallest absolute Gasteiger partial charge is 0.310 e. The summed E-state index contributed by atoms with van der Waals surface area (Å²) in [5.74, 6) is -6.47. The number of anilines is 4. The number of carbonyl (C=O) groups is 16. The largest absolute Gasteiger partial charge is 0.460 e. The van der Waals surface area contributed by atoms with E-state index in [-0.39, 0.29) is 100 Å². The minimum atomic E-state index is -1.41. The summed E-state index contributed by atoms with van der Waals surface area (Å²) in [6, 6.07) is 10.0. The van der Waals surface area contributed by atoms with Crippen molar-refractivity contribution in [3.05, 3.63) is 116 Å². The number of hydrogen-bond donors (Lipinski definition) is 13. The van der Waals surface area contributed by atoms with Crippen LogP contribution in [0.1, 0.15) is 233 Å². The average Bonchev–Trinajstić information content (AvgIpc) is 1.62. The van der Waals surface area contributed by atoms with Crippen LogP contribution in [0.4, 0.5) is 22.7 Å². The summed E-state index contributed by atoms with van der Waals surface area (Å²) >= 11 is 12.1. The maximum absolute atomic E-state index is 13.7. The molecule has 39 nitrogen and oxygen atoms in total. The predicted octanol–water partition coefficient (Wildman–Crippen LogP) is 5.70. The molecular formula is C95H132Cl2N16O23. The van der Waals surface area contributed by atoms with Gasteiger partial charge in [0.1, 0.15) is 72.6 Å². The minimum Gasteiger partial charge on any atom is -0.460 e. The molecule has 12 amide bonds. The lowest BCUT2D eigenvalue weighted by Crippen LogP contribution is -2.58. The van der Waals surface area contributed by atoms with Crippen molar-refractivity contribution in [3.63, 3.8) is 0 Å². The molecule has 8 aliphatic rings. The molecule has 0 aliphatic carbocycles. The molecule has 4 aromatic carbocycles. The van der Waals surface area contributed by atoms with Gasteiger partial charge in [0.2, 0.25) is 66.1 Å². The quantitative estimate of drug-likeness (QED) is 0.0227. The van der Waals surface area contributed by atoms with E-state index in [0.717, 1.165) is 11.1 Å². The fourth-order valence-corrected chi connectivity index (χ4v) is 17.2. The van der Waals surface area contributed by atoms with Gasteiger partial charge in [0, 0.05) is 73.0 Å². The maximum atomic E-state index is 13.7. The molecule has 0 bridgehead atoms. The van der Waals surface area contributed by atoms with E-state index in [2.05, 4.69) is 47.3 Å². The fourth-order valence-electron chi connectivity index (χ4n) is 16.9. The average molecular weight is 1940 g/mol. The second-order valence-electron chi connectivity index (χ2n) is 39.4. The number of nitrogen functional groups attached to an aromatic ring is 4. The Labute approximate surface area is 801 Å². The summed E-state index contributed by atoms with van der Waals surface area (Å²) in [6.45, 7) is 33.2. The molecule has 41 heteroatoms. The van der Waals surface area contributed by atoms with Gasteiger partial charge in [-0.15, -0.1) is 0 Å². The zero-order valence-electron chi connectivity index (χ0n) is 80.2. The Balaban J connectivity index is 0.000000203. The molecule has 8 aliphatic heterocycles. The third-order valence-electron chi connectivity index (χ3n) is 24.6. The number of aliphatic hydroxyl groups is 1. The van der Waals surface area contributed by atoms with Gasteiger partial charge in [-0.1, -0.05) is 106 Å². The number of nitrogens with two attached hydrogens (primary N) is 4. The van der Waals surface area contributed by atoms with Crippen molar-refractivity contribution >= 4 is 141 Å². The van der Waals surface area contributed by atoms with Gasteiger partial charge in [-0.05, 0) is 192 Å². The number of rotatable bonds is 24. The highest BCUT2D eigenvalue weighted by Gasteiger charge is 2.50. The Morgan fingerprint density at radius 1 is 0.390 bits per heavy atom. The fraction of sp³-hybridized carbons (Fsp3) is 0.579. The van der Waals surface area contributed by atoms with Crippen LogP contribution in [-0.4, -0.2) is 256 Å². The van der Waals surface area contributed by atoms with E-state index >= 15 is 0 Å². The van der Waals surface area contributed by atoms with Gasteiger partial charge >= 0.3 is 23.9 Å². The van der Waals surface area contributed by atoms with Crippen LogP contribution in [-0.2, 0) is 86.0 Å². The van der Waals surface area contributed by atoms with E-state index in [0.29, 0.717) is 125 Å². The topological polar surface area (TPSA) is 562 Å². The number of halogens is 2. The van der Waals surface area contributed by atoms with Crippen LogP contribution >= 0.6 is 23.2 Å². The van der Waals surface area contributed by atoms with Crippen LogP contribution in [0.5, 0.6) is 0 Å². The number of aliphatic hydroxyl groups excluding tert-OH is 1. The van der Waals surface area contributed by atoms with E-state index in [4.69, 9.17) is 69.8 Å². The standard InChI is InChI=1S/C25H36N4O6.C24H33ClN4O6.C23H31ClN4O5.C23H32N4O6/c1-6-34-24-17(13-19(30)35-24)27-22(32)18-8-7-11-29(18)23(33)20(25(3,4)5)28-21(31)15-9-10-16(26)14(2)12-15;1-5-34-23-16(12-18(30)35-23)27-21(32)17-7-6-10-29(17)22(33)19(24(2,3)4)28-20(31)13-8-9-15(26)14(25)11-13;1-12-16(11-18(29)33-12)26-21(31)17-6-5-9-28(17)22(32)19(23(2,3)4)27-20(30)13-7-8-15(25)14(24)10-13;1-12-10-13(7-8-14(12)24)19(29)26-18(23(2,3)4)21(31)27-9-5-6-16(27)20(30)25-15-11-17(28)33-22(15)32/h9-10,12,17-18,20,24H,6-8,11,13,26H2,1-5H3,(H,27,32)(H,28,31);8-9,11,16-17,19,23H,5-7,10,12,26H2,1-4H3,(H,27,32)(H,28,31);7-8,10,12,16-17,19H,5-6,9,11,25H2,1-4H3,(H,26,31)(H,27,30);7-8,10,15-16,18,22,32H,5-6,9,11,24H2,1-4H3,(H,25,30)(H,26,29)/t17-,18?,20+,24+;16-,17-,19+,23+;12?,16-,17-,19+;15-,16-,18+,22?/m0000/s1. The Morgan fingerprint density at radius 3 is 0.890 bits per heavy atom. The second kappa shape index (κ2) is 45.8. The first-order chi connectivity index (χ1) is 63.6. The van der Waals surface area contributed by atoms with E-state index in [1.54, 1.807) is 70.2 Å². The SMILES string of the molecule is CC1OC(=O)C[C@@H]1NC(=O)[C@@H]1CCCN1C(=O)[C@@H](NC(=O)c1ccc(N)c(Cl)c1)C(C)(C)C.CCO[C@@H]1OC(=O)C[C@@H]1NC(=O)C1CCCN1C(=O)[C@@H](NC(=O)c1ccc(N)c(C)c1)C(C)(C)C.CCO[C@@H]1OC(=O)C[C@@H]1NC(=O)[C@@H]1CCCN1C(=O)[C@@H](NC(=O)c1ccc(N)c(Cl)c1)C(C)(C)C.Cc1cc(C(=O)N[C@H](C(=O)N2CCC[C@H]2C(=O)N[C@H]2CC(=O)OC2O)C(C)(C)C)ccc1N. The normalized spacial score (nSPS) is 23.4. The van der Waals surface area contributed by atoms with Crippen molar-refractivity contribution < 1.29 is 110 Å². The van der Waals surface area contributed by atoms with Crippen LogP contribution in [0, 0.1) is 35.5 Å². The van der Waals surface area contributed by atoms with Crippen LogP contribution < -0.4 is 65.5 Å². The highest BCUT2D eigenvalue weighted by molar-refractivity contribution is 6.34. The molecule has 16 atom stereocenters. The molecule has 0 radical (unpaired) electrons. The first-order valence-corrected chi connectivity index (χ1v) is 46.5. The van der Waals surface area contributed by atoms with E-state index in [1.165, 1.54) is 49.9 Å². The number of aryl methyl sites for hydroxylation is 2. The number of nitrogens with one attached hydrogen (secondary N) is 8. The molecule has 17 N–H and O–H groups in total. The molecule has 4 aromatic rings. The van der Waals surface area contributed by atoms with Gasteiger partial charge in [0.05, 0.1) is 53.1 Å². The number of benzene rings is 4. The first kappa shape index (κ1) is 108. The summed E-state index contributed by atoms with van der Waals surface area (Å²) in [5.41, 5.74) is 25.4. The third-order valence-corrected chi connectivity index (χ3v) is 25.3. The predicted molar refractivity (Wildman–Crippen MR) is 502 cm³/mol. The maximum Gasteiger partial charge on any atom is 0.310 e. The molecule has 744 valence electrons. The molecule has 8 heterocycles. The van der Waals surface area contributed by atoms with Crippen molar-refractivity contribution in [2.75, 3.05) is 62.3 Å². The molecule has 136 heavy (non-hydrogen) atoms. The summed E-state index contributed by atoms with van der Waals surface area (Å²) in [6.07, 6.45) is 0.957. The Bertz CT molecular complexity index is 4840. The lowest BCUT2D eigenvalue weighted by Gasteiger charge is -2.35. The minimum absolute atomic E-state index is 0.00188. The Hall–Kier alpha value is -11.9. The monoisotopic (exact) mass is 1930 g/mol. The van der Waals surface area contributed by atoms with Crippen molar-refractivity contribution in [1.29, 1.82) is 0 Å². The Morgan fingerprint density at radius 2 is 0.640 bits per heavy atom. The van der Waals surface area contributed by atoms with Gasteiger partial charge in [0.15, 0.2) is 0 Å². The third kappa shape index (κ3) is 27.7. The van der Waals surface area contributed by atoms with Crippen molar-refractivity contribution in [2.45, 2.75) is 292 Å². The number of carbonyl (C=O) groups excluding carboxylic acids is 16. The molecule has 8 fully saturated rings. The number of hydrogen-bond acceptors (Lipinski definition) is 27. The van der Waals surface area contributed by atoms with E-state index < -0.39 is 161 Å². The van der Waals surface area contributed by atoms with E-state index in [9.17, 15) is 81.8 Å². The first-order valence-electron chi connectivity index (χ1n) is 45.8. The van der Waals surface area contributed by atoms with Crippen LogP contribution in [0.3, 0.4) is 0 Å². The molecule has 0 aromatic heterocycles. The van der Waals surface area contributed by atoms with Crippen LogP contribution in [0.25, 0.3) is 0 Å². The van der Waals surface area contributed by atoms with E-state index in [1.807, 2.05) is 90.0 Å². The van der Waals surface area contributed by atoms with Gasteiger partial charge in [-0.25, -0.2) is 0 Å². The van der Waals surface area contributed by atoms with Gasteiger partial charge in [-0.3, -0.25) is 76.7 Å². The van der Waals surface area contributed by atoms with Crippen molar-refractivity contribution in [2.24, 2.45) is 21.7 Å². The molecule has 12 rings (SSSR count). The molecule has 3 unspecified atom stereocenters. The van der Waals surface area contributed by atoms with Gasteiger partial charge in [-0.2, -0.15) is 0 Å². The molecule has 0 spiro atoms. The molecule has 0 saturated carbocycles. The molecule has 8 saturated heterocycles. The van der Waals surface area contributed by atoms with Gasteiger partial charge in [0.25, 0.3) is 23.6 Å². The second-order valence-corrected chi connectivity index (χ2v) is 40.3. The summed E-state index contributed by atoms with van der Waals surface area (Å²) < 4.78 is 30.8. The number of nitrogens with zero attached hydrogens (tertiary/aromatic N) is 4. The van der Waals surface area contributed by atoms with Crippen LogP contribution in [0.2, 0.25) is 10.0 Å². The lowest BCUT2D eigenvalue weighted by atomic mass is 9.85. The number of ether oxygens (including phenoxy) is 6. The highest BCUT2D eigenvalue weighted by Crippen LogP contribution is 2.35. The van der Waals surface area contributed by atoms with Crippen molar-refractivity contribution in [3.8, 4) is 0 Å². The lowest BCUT2D eigenvalue weighted by molar-refractivity contribution is -0.165.